The number of hydrogen-bond donors (Lipinski definition) is 1. The van der Waals surface area contributed by atoms with Gasteiger partial charge in [-0.05, 0) is 55.0 Å². The summed E-state index contributed by atoms with van der Waals surface area (Å²) in [5.41, 5.74) is 4.79. The van der Waals surface area contributed by atoms with Crippen molar-refractivity contribution in [3.05, 3.63) is 94.9 Å². The SMILES string of the molecule is COc1ccc(OC)c([C@H]2SCC(=O)N(CC(=O)NCc3ccccn3)c3c2c(C(C)(C)C)nn3-c2cccc(C)c2)c1. The van der Waals surface area contributed by atoms with Crippen LogP contribution in [-0.2, 0) is 21.5 Å². The standard InChI is InChI=1S/C33H37N5O4S/c1-21-10-9-12-23(16-21)38-32-29(31(36-38)33(2,3)4)30(25-17-24(41-5)13-14-26(25)42-6)43-20-28(40)37(32)19-27(39)35-18-22-11-7-8-15-34-22/h7-17,30H,18-20H2,1-6H3,(H,35,39)/t30-/m1/s1. The van der Waals surface area contributed by atoms with Crippen LogP contribution in [-0.4, -0.2) is 53.1 Å². The van der Waals surface area contributed by atoms with Crippen LogP contribution >= 0.6 is 11.8 Å². The molecule has 0 unspecified atom stereocenters. The molecule has 2 aromatic heterocycles. The number of hydrogen-bond acceptors (Lipinski definition) is 7. The van der Waals surface area contributed by atoms with E-state index in [1.807, 2.05) is 72.3 Å². The summed E-state index contributed by atoms with van der Waals surface area (Å²) < 4.78 is 13.2. The Bertz CT molecular complexity index is 1630. The molecule has 9 nitrogen and oxygen atoms in total. The van der Waals surface area contributed by atoms with Crippen LogP contribution in [0, 0.1) is 6.92 Å². The molecule has 0 spiro atoms. The van der Waals surface area contributed by atoms with Crippen molar-refractivity contribution in [2.75, 3.05) is 31.4 Å². The Morgan fingerprint density at radius 3 is 2.56 bits per heavy atom. The molecule has 4 aromatic rings. The van der Waals surface area contributed by atoms with E-state index in [-0.39, 0.29) is 41.3 Å². The number of aromatic nitrogens is 3. The predicted molar refractivity (Wildman–Crippen MR) is 169 cm³/mol. The Morgan fingerprint density at radius 1 is 1.07 bits per heavy atom. The third kappa shape index (κ3) is 6.39. The summed E-state index contributed by atoms with van der Waals surface area (Å²) in [6.45, 7) is 8.44. The first-order chi connectivity index (χ1) is 20.6. The molecular weight excluding hydrogens is 562 g/mol. The molecule has 0 aliphatic carbocycles. The van der Waals surface area contributed by atoms with Crippen LogP contribution in [0.5, 0.6) is 11.5 Å². The number of benzene rings is 2. The first-order valence-electron chi connectivity index (χ1n) is 14.1. The number of thioether (sulfide) groups is 1. The molecule has 0 bridgehead atoms. The quantitative estimate of drug-likeness (QED) is 0.291. The van der Waals surface area contributed by atoms with Crippen molar-refractivity contribution >= 4 is 29.4 Å². The lowest BCUT2D eigenvalue weighted by atomic mass is 9.87. The highest BCUT2D eigenvalue weighted by molar-refractivity contribution is 8.00. The van der Waals surface area contributed by atoms with Crippen LogP contribution in [0.15, 0.2) is 66.9 Å². The lowest BCUT2D eigenvalue weighted by molar-refractivity contribution is -0.123. The van der Waals surface area contributed by atoms with Gasteiger partial charge in [0.2, 0.25) is 11.8 Å². The minimum atomic E-state index is -0.385. The number of anilines is 1. The average molecular weight is 600 g/mol. The van der Waals surface area contributed by atoms with Gasteiger partial charge in [-0.3, -0.25) is 19.5 Å². The smallest absolute Gasteiger partial charge is 0.240 e. The monoisotopic (exact) mass is 599 g/mol. The fraction of sp³-hybridized carbons (Fsp3) is 0.333. The highest BCUT2D eigenvalue weighted by Crippen LogP contribution is 2.51. The first-order valence-corrected chi connectivity index (χ1v) is 15.2. The van der Waals surface area contributed by atoms with E-state index in [0.717, 1.165) is 33.8 Å². The second-order valence-electron chi connectivity index (χ2n) is 11.5. The van der Waals surface area contributed by atoms with Crippen LogP contribution < -0.4 is 19.7 Å². The highest BCUT2D eigenvalue weighted by Gasteiger charge is 2.40. The molecule has 2 amide bonds. The van der Waals surface area contributed by atoms with E-state index in [1.165, 1.54) is 11.8 Å². The van der Waals surface area contributed by atoms with E-state index >= 15 is 0 Å². The Hall–Kier alpha value is -4.31. The number of aryl methyl sites for hydroxylation is 1. The van der Waals surface area contributed by atoms with Crippen LogP contribution in [0.1, 0.15) is 54.1 Å². The number of ether oxygens (including phenoxy) is 2. The molecule has 5 rings (SSSR count). The van der Waals surface area contributed by atoms with E-state index in [2.05, 4.69) is 31.1 Å². The van der Waals surface area contributed by atoms with Gasteiger partial charge < -0.3 is 14.8 Å². The zero-order chi connectivity index (χ0) is 30.7. The van der Waals surface area contributed by atoms with Crippen molar-refractivity contribution in [2.24, 2.45) is 0 Å². The number of rotatable bonds is 8. The Kier molecular flexibility index (Phi) is 8.77. The molecule has 1 aliphatic rings. The van der Waals surface area contributed by atoms with E-state index in [9.17, 15) is 9.59 Å². The Labute approximate surface area is 256 Å². The van der Waals surface area contributed by atoms with Gasteiger partial charge in [0.25, 0.3) is 0 Å². The van der Waals surface area contributed by atoms with Gasteiger partial charge >= 0.3 is 0 Å². The van der Waals surface area contributed by atoms with Gasteiger partial charge in [-0.15, -0.1) is 11.8 Å². The summed E-state index contributed by atoms with van der Waals surface area (Å²) in [5.74, 6) is 1.63. The third-order valence-corrected chi connectivity index (χ3v) is 8.50. The van der Waals surface area contributed by atoms with Crippen molar-refractivity contribution < 1.29 is 19.1 Å². The molecule has 43 heavy (non-hydrogen) atoms. The van der Waals surface area contributed by atoms with Crippen molar-refractivity contribution in [1.29, 1.82) is 0 Å². The number of amides is 2. The van der Waals surface area contributed by atoms with Crippen LogP contribution in [0.2, 0.25) is 0 Å². The third-order valence-electron chi connectivity index (χ3n) is 7.26. The molecule has 1 atom stereocenters. The van der Waals surface area contributed by atoms with Gasteiger partial charge in [-0.1, -0.05) is 39.0 Å². The summed E-state index contributed by atoms with van der Waals surface area (Å²) in [5, 5.41) is 7.78. The number of nitrogens with one attached hydrogen (secondary N) is 1. The molecule has 3 heterocycles. The maximum absolute atomic E-state index is 14.0. The maximum atomic E-state index is 14.0. The van der Waals surface area contributed by atoms with Crippen molar-refractivity contribution in [2.45, 2.75) is 44.9 Å². The largest absolute Gasteiger partial charge is 0.497 e. The fourth-order valence-corrected chi connectivity index (χ4v) is 6.41. The molecular formula is C33H37N5O4S. The molecule has 0 fully saturated rings. The Morgan fingerprint density at radius 2 is 1.88 bits per heavy atom. The average Bonchev–Trinajstić information content (AvgIpc) is 3.34. The zero-order valence-corrected chi connectivity index (χ0v) is 26.2. The van der Waals surface area contributed by atoms with E-state index in [0.29, 0.717) is 17.3 Å². The summed E-state index contributed by atoms with van der Waals surface area (Å²) in [7, 11) is 3.26. The molecule has 1 N–H and O–H groups in total. The fourth-order valence-electron chi connectivity index (χ4n) is 5.19. The number of pyridine rings is 1. The maximum Gasteiger partial charge on any atom is 0.240 e. The molecule has 10 heteroatoms. The van der Waals surface area contributed by atoms with E-state index < -0.39 is 0 Å². The summed E-state index contributed by atoms with van der Waals surface area (Å²) in [6.07, 6.45) is 1.69. The number of carbonyl (C=O) groups is 2. The predicted octanol–water partition coefficient (Wildman–Crippen LogP) is 5.38. The highest BCUT2D eigenvalue weighted by atomic mass is 32.2. The topological polar surface area (TPSA) is 98.6 Å². The molecule has 2 aromatic carbocycles. The molecule has 0 saturated carbocycles. The number of fused-ring (bicyclic) bond motifs is 1. The van der Waals surface area contributed by atoms with E-state index in [4.69, 9.17) is 14.6 Å². The lowest BCUT2D eigenvalue weighted by Crippen LogP contribution is -2.42. The second kappa shape index (κ2) is 12.5. The van der Waals surface area contributed by atoms with Gasteiger partial charge in [-0.2, -0.15) is 5.10 Å². The van der Waals surface area contributed by atoms with Crippen LogP contribution in [0.4, 0.5) is 5.82 Å². The van der Waals surface area contributed by atoms with Gasteiger partial charge in [0, 0.05) is 22.7 Å². The van der Waals surface area contributed by atoms with Crippen molar-refractivity contribution in [1.82, 2.24) is 20.1 Å². The number of nitrogens with zero attached hydrogens (tertiary/aromatic N) is 4. The van der Waals surface area contributed by atoms with Gasteiger partial charge in [-0.25, -0.2) is 4.68 Å². The number of carbonyl (C=O) groups excluding carboxylic acids is 2. The Balaban J connectivity index is 1.70. The summed E-state index contributed by atoms with van der Waals surface area (Å²) in [4.78, 5) is 33.2. The second-order valence-corrected chi connectivity index (χ2v) is 12.6. The van der Waals surface area contributed by atoms with Crippen molar-refractivity contribution in [3.63, 3.8) is 0 Å². The normalized spacial score (nSPS) is 15.1. The minimum Gasteiger partial charge on any atom is -0.497 e. The van der Waals surface area contributed by atoms with Crippen LogP contribution in [0.25, 0.3) is 5.69 Å². The van der Waals surface area contributed by atoms with Gasteiger partial charge in [0.1, 0.15) is 23.9 Å². The lowest BCUT2D eigenvalue weighted by Gasteiger charge is -2.25. The summed E-state index contributed by atoms with van der Waals surface area (Å²) >= 11 is 1.50. The van der Waals surface area contributed by atoms with Gasteiger partial charge in [0.05, 0.1) is 48.8 Å². The minimum absolute atomic E-state index is 0.157. The van der Waals surface area contributed by atoms with Gasteiger partial charge in [0.15, 0.2) is 0 Å². The molecule has 224 valence electrons. The summed E-state index contributed by atoms with van der Waals surface area (Å²) in [6, 6.07) is 19.2. The van der Waals surface area contributed by atoms with E-state index in [1.54, 1.807) is 25.3 Å². The van der Waals surface area contributed by atoms with Crippen LogP contribution in [0.3, 0.4) is 0 Å². The number of methoxy groups -OCH3 is 2. The molecule has 0 radical (unpaired) electrons. The molecule has 1 aliphatic heterocycles. The molecule has 0 saturated heterocycles. The first kappa shape index (κ1) is 30.2. The zero-order valence-electron chi connectivity index (χ0n) is 25.4. The van der Waals surface area contributed by atoms with Crippen molar-refractivity contribution in [3.8, 4) is 17.2 Å².